The summed E-state index contributed by atoms with van der Waals surface area (Å²) in [5, 5.41) is 0. The molecule has 1 aliphatic rings. The Morgan fingerprint density at radius 3 is 2.88 bits per heavy atom. The monoisotopic (exact) mass is 238 g/mol. The molecule has 0 radical (unpaired) electrons. The number of rotatable bonds is 4. The van der Waals surface area contributed by atoms with Crippen LogP contribution in [-0.2, 0) is 4.74 Å². The molecular formula is C12H14O5. The first kappa shape index (κ1) is 11.7. The number of aldehydes is 1. The summed E-state index contributed by atoms with van der Waals surface area (Å²) in [6.45, 7) is 0.867. The highest BCUT2D eigenvalue weighted by molar-refractivity contribution is 5.81. The molecule has 1 aromatic rings. The molecule has 92 valence electrons. The zero-order valence-electron chi connectivity index (χ0n) is 9.76. The Balaban J connectivity index is 2.28. The first-order chi connectivity index (χ1) is 8.28. The van der Waals surface area contributed by atoms with Crippen LogP contribution in [0.2, 0.25) is 0 Å². The summed E-state index contributed by atoms with van der Waals surface area (Å²) in [4.78, 5) is 10.9. The van der Waals surface area contributed by atoms with Crippen LogP contribution >= 0.6 is 0 Å². The van der Waals surface area contributed by atoms with Gasteiger partial charge in [0.05, 0.1) is 19.3 Å². The predicted octanol–water partition coefficient (Wildman–Crippen LogP) is 1.29. The summed E-state index contributed by atoms with van der Waals surface area (Å²) >= 11 is 0. The van der Waals surface area contributed by atoms with Gasteiger partial charge in [0, 0.05) is 13.2 Å². The third kappa shape index (κ3) is 2.34. The van der Waals surface area contributed by atoms with Crippen molar-refractivity contribution in [3.63, 3.8) is 0 Å². The number of ether oxygens (including phenoxy) is 4. The van der Waals surface area contributed by atoms with E-state index in [0.717, 1.165) is 6.29 Å². The average Bonchev–Trinajstić information content (AvgIpc) is 2.37. The van der Waals surface area contributed by atoms with Gasteiger partial charge in [-0.1, -0.05) is 0 Å². The van der Waals surface area contributed by atoms with Gasteiger partial charge in [-0.25, -0.2) is 0 Å². The van der Waals surface area contributed by atoms with E-state index < -0.39 is 0 Å². The molecule has 0 bridgehead atoms. The Bertz CT molecular complexity index is 416. The second-order valence-electron chi connectivity index (χ2n) is 3.66. The van der Waals surface area contributed by atoms with E-state index in [4.69, 9.17) is 18.9 Å². The van der Waals surface area contributed by atoms with E-state index in [1.807, 2.05) is 0 Å². The molecule has 0 saturated carbocycles. The molecule has 0 aliphatic carbocycles. The molecule has 0 N–H and O–H groups in total. The van der Waals surface area contributed by atoms with Crippen LogP contribution in [0.15, 0.2) is 12.1 Å². The molecular weight excluding hydrogens is 224 g/mol. The summed E-state index contributed by atoms with van der Waals surface area (Å²) in [5.41, 5.74) is 0.438. The fourth-order valence-electron chi connectivity index (χ4n) is 1.70. The lowest BCUT2D eigenvalue weighted by molar-refractivity contribution is 0.0270. The molecule has 2 rings (SSSR count). The van der Waals surface area contributed by atoms with Crippen molar-refractivity contribution in [2.45, 2.75) is 6.10 Å². The molecule has 0 spiro atoms. The largest absolute Gasteiger partial charge is 0.496 e. The van der Waals surface area contributed by atoms with Crippen LogP contribution in [0.1, 0.15) is 10.4 Å². The van der Waals surface area contributed by atoms with Crippen molar-refractivity contribution in [3.8, 4) is 17.2 Å². The fraction of sp³-hybridized carbons (Fsp3) is 0.417. The van der Waals surface area contributed by atoms with Crippen molar-refractivity contribution in [3.05, 3.63) is 17.7 Å². The highest BCUT2D eigenvalue weighted by atomic mass is 16.6. The molecule has 17 heavy (non-hydrogen) atoms. The van der Waals surface area contributed by atoms with Crippen molar-refractivity contribution in [1.82, 2.24) is 0 Å². The zero-order valence-corrected chi connectivity index (χ0v) is 9.76. The summed E-state index contributed by atoms with van der Waals surface area (Å²) in [5.74, 6) is 1.61. The Kier molecular flexibility index (Phi) is 3.49. The highest BCUT2D eigenvalue weighted by Crippen LogP contribution is 2.37. The van der Waals surface area contributed by atoms with Crippen molar-refractivity contribution < 1.29 is 23.7 Å². The van der Waals surface area contributed by atoms with E-state index in [1.54, 1.807) is 19.2 Å². The topological polar surface area (TPSA) is 54.0 Å². The molecule has 0 saturated heterocycles. The van der Waals surface area contributed by atoms with Gasteiger partial charge in [-0.05, 0) is 6.07 Å². The standard InChI is InChI=1S/C12H14O5/c1-14-6-9-7-16-11-4-10(15-2)8(5-13)3-12(11)17-9/h3-5,9H,6-7H2,1-2H3/t9-/m0/s1. The number of carbonyl (C=O) groups excluding carboxylic acids is 1. The van der Waals surface area contributed by atoms with Crippen molar-refractivity contribution in [1.29, 1.82) is 0 Å². The van der Waals surface area contributed by atoms with Gasteiger partial charge in [0.1, 0.15) is 12.4 Å². The predicted molar refractivity (Wildman–Crippen MR) is 60.2 cm³/mol. The lowest BCUT2D eigenvalue weighted by Gasteiger charge is -2.26. The van der Waals surface area contributed by atoms with Crippen LogP contribution in [-0.4, -0.2) is 39.8 Å². The zero-order chi connectivity index (χ0) is 12.3. The van der Waals surface area contributed by atoms with E-state index in [1.165, 1.54) is 7.11 Å². The first-order valence-corrected chi connectivity index (χ1v) is 5.24. The van der Waals surface area contributed by atoms with Gasteiger partial charge in [0.2, 0.25) is 0 Å². The molecule has 1 atom stereocenters. The van der Waals surface area contributed by atoms with Gasteiger partial charge in [0.25, 0.3) is 0 Å². The molecule has 1 aromatic carbocycles. The number of hydrogen-bond acceptors (Lipinski definition) is 5. The number of carbonyl (C=O) groups is 1. The minimum absolute atomic E-state index is 0.152. The van der Waals surface area contributed by atoms with Gasteiger partial charge in [-0.15, -0.1) is 0 Å². The van der Waals surface area contributed by atoms with E-state index in [2.05, 4.69) is 0 Å². The lowest BCUT2D eigenvalue weighted by atomic mass is 10.1. The number of fused-ring (bicyclic) bond motifs is 1. The minimum Gasteiger partial charge on any atom is -0.496 e. The van der Waals surface area contributed by atoms with Crippen LogP contribution in [0.25, 0.3) is 0 Å². The minimum atomic E-state index is -0.152. The molecule has 1 aliphatic heterocycles. The highest BCUT2D eigenvalue weighted by Gasteiger charge is 2.23. The van der Waals surface area contributed by atoms with Crippen molar-refractivity contribution >= 4 is 6.29 Å². The molecule has 5 nitrogen and oxygen atoms in total. The van der Waals surface area contributed by atoms with Crippen molar-refractivity contribution in [2.75, 3.05) is 27.4 Å². The maximum absolute atomic E-state index is 10.9. The van der Waals surface area contributed by atoms with Crippen LogP contribution in [0.5, 0.6) is 17.2 Å². The SMILES string of the molecule is COC[C@H]1COc2cc(OC)c(C=O)cc2O1. The Hall–Kier alpha value is -1.75. The summed E-state index contributed by atoms with van der Waals surface area (Å²) < 4.78 is 21.3. The summed E-state index contributed by atoms with van der Waals surface area (Å²) in [7, 11) is 3.11. The van der Waals surface area contributed by atoms with Gasteiger partial charge in [-0.3, -0.25) is 4.79 Å². The normalized spacial score (nSPS) is 17.6. The Morgan fingerprint density at radius 2 is 2.24 bits per heavy atom. The summed E-state index contributed by atoms with van der Waals surface area (Å²) in [6, 6.07) is 3.27. The summed E-state index contributed by atoms with van der Waals surface area (Å²) in [6.07, 6.45) is 0.572. The third-order valence-electron chi connectivity index (χ3n) is 2.49. The third-order valence-corrected chi connectivity index (χ3v) is 2.49. The fourth-order valence-corrected chi connectivity index (χ4v) is 1.70. The van der Waals surface area contributed by atoms with Gasteiger partial charge >= 0.3 is 0 Å². The van der Waals surface area contributed by atoms with Gasteiger partial charge < -0.3 is 18.9 Å². The van der Waals surface area contributed by atoms with E-state index >= 15 is 0 Å². The lowest BCUT2D eigenvalue weighted by Crippen LogP contribution is -2.33. The number of hydrogen-bond donors (Lipinski definition) is 0. The van der Waals surface area contributed by atoms with Crippen molar-refractivity contribution in [2.24, 2.45) is 0 Å². The smallest absolute Gasteiger partial charge is 0.165 e. The van der Waals surface area contributed by atoms with Crippen LogP contribution in [0, 0.1) is 0 Å². The second kappa shape index (κ2) is 5.05. The quantitative estimate of drug-likeness (QED) is 0.740. The Morgan fingerprint density at radius 1 is 1.41 bits per heavy atom. The van der Waals surface area contributed by atoms with E-state index in [-0.39, 0.29) is 6.10 Å². The number of methoxy groups -OCH3 is 2. The first-order valence-electron chi connectivity index (χ1n) is 5.24. The second-order valence-corrected chi connectivity index (χ2v) is 3.66. The molecule has 0 amide bonds. The molecule has 0 unspecified atom stereocenters. The van der Waals surface area contributed by atoms with E-state index in [9.17, 15) is 4.79 Å². The van der Waals surface area contributed by atoms with Gasteiger partial charge in [-0.2, -0.15) is 0 Å². The van der Waals surface area contributed by atoms with Crippen LogP contribution < -0.4 is 14.2 Å². The van der Waals surface area contributed by atoms with Crippen LogP contribution in [0.4, 0.5) is 0 Å². The van der Waals surface area contributed by atoms with Crippen LogP contribution in [0.3, 0.4) is 0 Å². The molecule has 0 fully saturated rings. The Labute approximate surface area is 99.2 Å². The maximum atomic E-state index is 10.9. The average molecular weight is 238 g/mol. The molecule has 5 heteroatoms. The number of benzene rings is 1. The molecule has 1 heterocycles. The van der Waals surface area contributed by atoms with E-state index in [0.29, 0.717) is 36.0 Å². The van der Waals surface area contributed by atoms with Gasteiger partial charge in [0.15, 0.2) is 23.9 Å². The molecule has 0 aromatic heterocycles. The maximum Gasteiger partial charge on any atom is 0.165 e.